The Morgan fingerprint density at radius 3 is 2.63 bits per heavy atom. The summed E-state index contributed by atoms with van der Waals surface area (Å²) < 4.78 is 5.63. The van der Waals surface area contributed by atoms with Crippen LogP contribution in [-0.2, 0) is 6.42 Å². The molecule has 0 N–H and O–H groups in total. The van der Waals surface area contributed by atoms with Gasteiger partial charge in [-0.3, -0.25) is 4.90 Å². The number of benzene rings is 1. The minimum Gasteiger partial charge on any atom is -0.494 e. The van der Waals surface area contributed by atoms with Gasteiger partial charge in [-0.1, -0.05) is 34.0 Å². The van der Waals surface area contributed by atoms with Gasteiger partial charge in [-0.05, 0) is 44.5 Å². The highest BCUT2D eigenvalue weighted by Crippen LogP contribution is 2.15. The lowest BCUT2D eigenvalue weighted by atomic mass is 10.1. The van der Waals surface area contributed by atoms with Crippen molar-refractivity contribution < 1.29 is 4.74 Å². The predicted molar refractivity (Wildman–Crippen MR) is 85.0 cm³/mol. The Morgan fingerprint density at radius 1 is 1.37 bits per heavy atom. The van der Waals surface area contributed by atoms with Crippen molar-refractivity contribution in [1.82, 2.24) is 4.90 Å². The lowest BCUT2D eigenvalue weighted by Gasteiger charge is -2.22. The summed E-state index contributed by atoms with van der Waals surface area (Å²) in [6.07, 6.45) is 7.35. The van der Waals surface area contributed by atoms with Gasteiger partial charge in [-0.2, -0.15) is 0 Å². The number of rotatable bonds is 8. The van der Waals surface area contributed by atoms with Gasteiger partial charge in [0.2, 0.25) is 0 Å². The second-order valence-electron chi connectivity index (χ2n) is 4.71. The van der Waals surface area contributed by atoms with Crippen LogP contribution in [0, 0.1) is 12.3 Å². The topological polar surface area (TPSA) is 12.5 Å². The van der Waals surface area contributed by atoms with Gasteiger partial charge in [0.15, 0.2) is 0 Å². The van der Waals surface area contributed by atoms with Crippen molar-refractivity contribution in [2.45, 2.75) is 25.8 Å². The van der Waals surface area contributed by atoms with Gasteiger partial charge < -0.3 is 4.74 Å². The van der Waals surface area contributed by atoms with Crippen molar-refractivity contribution >= 4 is 15.9 Å². The molecule has 1 rings (SSSR count). The molecule has 0 saturated carbocycles. The normalized spacial score (nSPS) is 12.2. The van der Waals surface area contributed by atoms with Crippen LogP contribution in [0.3, 0.4) is 0 Å². The van der Waals surface area contributed by atoms with E-state index in [-0.39, 0.29) is 0 Å². The summed E-state index contributed by atoms with van der Waals surface area (Å²) in [7, 11) is 2.06. The Balaban J connectivity index is 2.45. The predicted octanol–water partition coefficient (Wildman–Crippen LogP) is 3.35. The number of nitrogens with zero attached hydrogens (tertiary/aromatic N) is 1. The third-order valence-electron chi connectivity index (χ3n) is 3.09. The first-order valence-corrected chi connectivity index (χ1v) is 7.71. The number of hydrogen-bond donors (Lipinski definition) is 0. The summed E-state index contributed by atoms with van der Waals surface area (Å²) in [6.45, 7) is 3.64. The summed E-state index contributed by atoms with van der Waals surface area (Å²) >= 11 is 3.39. The standard InChI is InChI=1S/C16H22BrNO/c1-4-11-18(3)14(2)13-15-6-8-16(9-7-15)19-12-5-10-17/h1,6-9,14H,5,10-13H2,2-3H3/t14-/m1/s1. The first-order chi connectivity index (χ1) is 9.17. The minimum absolute atomic E-state index is 0.441. The van der Waals surface area contributed by atoms with E-state index in [1.165, 1.54) is 5.56 Å². The minimum atomic E-state index is 0.441. The maximum atomic E-state index is 5.63. The third kappa shape index (κ3) is 6.13. The summed E-state index contributed by atoms with van der Waals surface area (Å²) in [5, 5.41) is 0.976. The van der Waals surface area contributed by atoms with Crippen LogP contribution < -0.4 is 4.74 Å². The van der Waals surface area contributed by atoms with Gasteiger partial charge in [0.05, 0.1) is 13.2 Å². The molecule has 0 aliphatic rings. The van der Waals surface area contributed by atoms with Gasteiger partial charge in [0.25, 0.3) is 0 Å². The second kappa shape index (κ2) is 9.01. The van der Waals surface area contributed by atoms with Crippen LogP contribution in [0.2, 0.25) is 0 Å². The van der Waals surface area contributed by atoms with Crippen molar-refractivity contribution in [3.05, 3.63) is 29.8 Å². The Morgan fingerprint density at radius 2 is 2.05 bits per heavy atom. The molecule has 0 aliphatic heterocycles. The van der Waals surface area contributed by atoms with E-state index >= 15 is 0 Å². The number of ether oxygens (including phenoxy) is 1. The second-order valence-corrected chi connectivity index (χ2v) is 5.50. The molecule has 0 spiro atoms. The largest absolute Gasteiger partial charge is 0.494 e. The molecule has 1 aromatic carbocycles. The fourth-order valence-electron chi connectivity index (χ4n) is 1.76. The molecule has 2 nitrogen and oxygen atoms in total. The Kier molecular flexibility index (Phi) is 7.62. The van der Waals surface area contributed by atoms with Crippen LogP contribution in [-0.4, -0.2) is 36.5 Å². The van der Waals surface area contributed by atoms with Crippen molar-refractivity contribution in [1.29, 1.82) is 0 Å². The molecule has 1 aromatic rings. The van der Waals surface area contributed by atoms with Gasteiger partial charge in [0, 0.05) is 11.4 Å². The van der Waals surface area contributed by atoms with E-state index in [9.17, 15) is 0 Å². The summed E-state index contributed by atoms with van der Waals surface area (Å²) in [5.74, 6) is 3.61. The number of hydrogen-bond acceptors (Lipinski definition) is 2. The number of alkyl halides is 1. The zero-order valence-electron chi connectivity index (χ0n) is 11.7. The molecule has 0 aromatic heterocycles. The zero-order valence-corrected chi connectivity index (χ0v) is 13.3. The molecule has 3 heteroatoms. The van der Waals surface area contributed by atoms with Gasteiger partial charge in [-0.25, -0.2) is 0 Å². The summed E-state index contributed by atoms with van der Waals surface area (Å²) in [4.78, 5) is 2.18. The SMILES string of the molecule is C#CCN(C)[C@H](C)Cc1ccc(OCCCBr)cc1. The fraction of sp³-hybridized carbons (Fsp3) is 0.500. The average molecular weight is 324 g/mol. The van der Waals surface area contributed by atoms with E-state index in [1.807, 2.05) is 12.1 Å². The summed E-state index contributed by atoms with van der Waals surface area (Å²) in [5.41, 5.74) is 1.31. The monoisotopic (exact) mass is 323 g/mol. The molecule has 19 heavy (non-hydrogen) atoms. The van der Waals surface area contributed by atoms with Crippen LogP contribution in [0.4, 0.5) is 0 Å². The maximum Gasteiger partial charge on any atom is 0.119 e. The molecular formula is C16H22BrNO. The fourth-order valence-corrected chi connectivity index (χ4v) is 1.99. The Hall–Kier alpha value is -0.980. The molecule has 0 radical (unpaired) electrons. The van der Waals surface area contributed by atoms with E-state index in [1.54, 1.807) is 0 Å². The first kappa shape index (κ1) is 16.1. The maximum absolute atomic E-state index is 5.63. The Labute approximate surface area is 125 Å². The number of terminal acetylenes is 1. The van der Waals surface area contributed by atoms with Crippen LogP contribution in [0.1, 0.15) is 18.9 Å². The highest BCUT2D eigenvalue weighted by Gasteiger charge is 2.08. The molecule has 0 fully saturated rings. The average Bonchev–Trinajstić information content (AvgIpc) is 2.41. The molecule has 0 aliphatic carbocycles. The van der Waals surface area contributed by atoms with E-state index in [4.69, 9.17) is 11.2 Å². The molecule has 104 valence electrons. The van der Waals surface area contributed by atoms with Crippen LogP contribution in [0.5, 0.6) is 5.75 Å². The van der Waals surface area contributed by atoms with Crippen LogP contribution >= 0.6 is 15.9 Å². The van der Waals surface area contributed by atoms with Gasteiger partial charge in [-0.15, -0.1) is 6.42 Å². The molecule has 1 atom stereocenters. The van der Waals surface area contributed by atoms with E-state index in [2.05, 4.69) is 52.9 Å². The van der Waals surface area contributed by atoms with Gasteiger partial charge in [0.1, 0.15) is 5.75 Å². The zero-order chi connectivity index (χ0) is 14.1. The summed E-state index contributed by atoms with van der Waals surface area (Å²) in [6, 6.07) is 8.78. The van der Waals surface area contributed by atoms with Crippen molar-refractivity contribution in [3.63, 3.8) is 0 Å². The number of halogens is 1. The van der Waals surface area contributed by atoms with Crippen LogP contribution in [0.25, 0.3) is 0 Å². The molecular weight excluding hydrogens is 302 g/mol. The number of likely N-dealkylation sites (N-methyl/N-ethyl adjacent to an activating group) is 1. The molecule has 0 amide bonds. The smallest absolute Gasteiger partial charge is 0.119 e. The highest BCUT2D eigenvalue weighted by atomic mass is 79.9. The van der Waals surface area contributed by atoms with Crippen molar-refractivity contribution in [3.8, 4) is 18.1 Å². The first-order valence-electron chi connectivity index (χ1n) is 6.58. The van der Waals surface area contributed by atoms with Gasteiger partial charge >= 0.3 is 0 Å². The van der Waals surface area contributed by atoms with Crippen molar-refractivity contribution in [2.24, 2.45) is 0 Å². The molecule has 0 bridgehead atoms. The van der Waals surface area contributed by atoms with E-state index < -0.39 is 0 Å². The lowest BCUT2D eigenvalue weighted by molar-refractivity contribution is 0.287. The van der Waals surface area contributed by atoms with E-state index in [0.29, 0.717) is 12.6 Å². The van der Waals surface area contributed by atoms with Crippen molar-refractivity contribution in [2.75, 3.05) is 25.5 Å². The molecule has 0 saturated heterocycles. The third-order valence-corrected chi connectivity index (χ3v) is 3.66. The molecule has 0 heterocycles. The highest BCUT2D eigenvalue weighted by molar-refractivity contribution is 9.09. The van der Waals surface area contributed by atoms with E-state index in [0.717, 1.165) is 30.5 Å². The molecule has 0 unspecified atom stereocenters. The Bertz CT molecular complexity index is 396. The quantitative estimate of drug-likeness (QED) is 0.413. The van der Waals surface area contributed by atoms with Crippen LogP contribution in [0.15, 0.2) is 24.3 Å². The lowest BCUT2D eigenvalue weighted by Crippen LogP contribution is -2.31.